The van der Waals surface area contributed by atoms with Gasteiger partial charge in [-0.05, 0) is 86.2 Å². The molecule has 2 aromatic heterocycles. The van der Waals surface area contributed by atoms with E-state index < -0.39 is 18.0 Å². The Labute approximate surface area is 247 Å². The summed E-state index contributed by atoms with van der Waals surface area (Å²) in [7, 11) is 0. The Balaban J connectivity index is 1.35. The largest absolute Gasteiger partial charge is 0.492 e. The minimum atomic E-state index is -4.87. The van der Waals surface area contributed by atoms with Crippen LogP contribution in [0.2, 0.25) is 0 Å². The number of fused-ring (bicyclic) bond motifs is 1. The van der Waals surface area contributed by atoms with Gasteiger partial charge in [-0.15, -0.1) is 4.98 Å². The lowest BCUT2D eigenvalue weighted by Crippen LogP contribution is -2.46. The number of alkyl halides is 3. The number of rotatable bonds is 15. The zero-order chi connectivity index (χ0) is 30.8. The van der Waals surface area contributed by atoms with E-state index in [1.54, 1.807) is 12.1 Å². The van der Waals surface area contributed by atoms with Crippen LogP contribution in [0.3, 0.4) is 0 Å². The number of benzene rings is 1. The molecule has 0 amide bonds. The van der Waals surface area contributed by atoms with Crippen LogP contribution < -0.4 is 20.1 Å². The SMILES string of the molecule is CC(=O)[C@H](CCN(CCCCc1ccc2c(n1)NCCC2)CCOc1ccc(F)cc1)Nc1ccnc(C(F)(F)F)[n+]1O. The van der Waals surface area contributed by atoms with E-state index in [1.807, 2.05) is 0 Å². The highest BCUT2D eigenvalue weighted by Gasteiger charge is 2.43. The molecular formula is C30H37F4N6O3+. The lowest BCUT2D eigenvalue weighted by atomic mass is 10.1. The van der Waals surface area contributed by atoms with Gasteiger partial charge in [0.05, 0.1) is 0 Å². The summed E-state index contributed by atoms with van der Waals surface area (Å²) in [5, 5.41) is 16.2. The molecule has 0 spiro atoms. The number of pyridine rings is 1. The van der Waals surface area contributed by atoms with Crippen molar-refractivity contribution in [3.63, 3.8) is 0 Å². The van der Waals surface area contributed by atoms with E-state index in [-0.39, 0.29) is 28.6 Å². The van der Waals surface area contributed by atoms with E-state index in [4.69, 9.17) is 9.72 Å². The van der Waals surface area contributed by atoms with Gasteiger partial charge in [-0.3, -0.25) is 15.0 Å². The summed E-state index contributed by atoms with van der Waals surface area (Å²) in [6.45, 7) is 4.22. The average molecular weight is 606 g/mol. The summed E-state index contributed by atoms with van der Waals surface area (Å²) in [4.78, 5) is 22.5. The van der Waals surface area contributed by atoms with Crippen molar-refractivity contribution in [3.05, 3.63) is 71.6 Å². The number of anilines is 2. The number of nitrogens with zero attached hydrogens (tertiary/aromatic N) is 4. The first kappa shape index (κ1) is 31.9. The van der Waals surface area contributed by atoms with Gasteiger partial charge >= 0.3 is 12.0 Å². The molecular weight excluding hydrogens is 568 g/mol. The van der Waals surface area contributed by atoms with Crippen LogP contribution in [0.5, 0.6) is 5.75 Å². The van der Waals surface area contributed by atoms with E-state index in [0.29, 0.717) is 32.0 Å². The topological polar surface area (TPSA) is 103 Å². The molecule has 13 heteroatoms. The maximum absolute atomic E-state index is 13.2. The number of ether oxygens (including phenoxy) is 1. The van der Waals surface area contributed by atoms with Gasteiger partial charge < -0.3 is 15.3 Å². The fourth-order valence-electron chi connectivity index (χ4n) is 4.90. The number of nitrogens with one attached hydrogen (secondary N) is 2. The zero-order valence-corrected chi connectivity index (χ0v) is 24.0. The number of aromatic nitrogens is 3. The quantitative estimate of drug-likeness (QED) is 0.0994. The number of hydrogen-bond donors (Lipinski definition) is 3. The predicted octanol–water partition coefficient (Wildman–Crippen LogP) is 4.68. The van der Waals surface area contributed by atoms with E-state index in [9.17, 15) is 27.6 Å². The third-order valence-corrected chi connectivity index (χ3v) is 7.26. The molecule has 3 heterocycles. The molecule has 232 valence electrons. The molecule has 1 aliphatic rings. The Kier molecular flexibility index (Phi) is 11.1. The molecule has 43 heavy (non-hydrogen) atoms. The van der Waals surface area contributed by atoms with Crippen LogP contribution >= 0.6 is 0 Å². The number of ketones is 1. The predicted molar refractivity (Wildman–Crippen MR) is 152 cm³/mol. The molecule has 1 aliphatic heterocycles. The Bertz CT molecular complexity index is 1360. The van der Waals surface area contributed by atoms with E-state index in [0.717, 1.165) is 56.4 Å². The second kappa shape index (κ2) is 14.9. The van der Waals surface area contributed by atoms with Gasteiger partial charge in [0.15, 0.2) is 5.78 Å². The van der Waals surface area contributed by atoms with Gasteiger partial charge in [0.1, 0.15) is 36.2 Å². The van der Waals surface area contributed by atoms with Crippen molar-refractivity contribution in [2.24, 2.45) is 0 Å². The van der Waals surface area contributed by atoms with Gasteiger partial charge in [-0.25, -0.2) is 9.37 Å². The molecule has 0 saturated carbocycles. The maximum Gasteiger partial charge on any atom is 0.485 e. The first-order valence-corrected chi connectivity index (χ1v) is 14.4. The van der Waals surface area contributed by atoms with Crippen molar-refractivity contribution in [3.8, 4) is 5.75 Å². The number of Topliss-reactive ketones (excluding diaryl/α,β-unsaturated/α-hetero) is 1. The second-order valence-corrected chi connectivity index (χ2v) is 10.5. The van der Waals surface area contributed by atoms with Crippen molar-refractivity contribution < 1.29 is 37.0 Å². The van der Waals surface area contributed by atoms with Gasteiger partial charge in [0, 0.05) is 37.8 Å². The number of carbonyl (C=O) groups excluding carboxylic acids is 1. The molecule has 0 bridgehead atoms. The minimum absolute atomic E-state index is 0.0888. The standard InChI is InChI=1S/C30H36F4N6O3/c1-21(41)26(38-27-13-16-36-29(40(27)42)30(32,33)34)14-18-39(19-20-43-25-11-8-23(31)9-12-25)17-3-2-6-24-10-7-22-5-4-15-35-28(22)37-24/h7-13,16,26,42H,2-6,14-15,17-20H2,1H3,(H,35,37)/p+1/t26-/m0/s1. The third-order valence-electron chi connectivity index (χ3n) is 7.26. The van der Waals surface area contributed by atoms with Crippen LogP contribution in [0, 0.1) is 5.82 Å². The summed E-state index contributed by atoms with van der Waals surface area (Å²) in [5.74, 6) is -0.944. The fraction of sp³-hybridized carbons (Fsp3) is 0.467. The number of hydrogen-bond acceptors (Lipinski definition) is 8. The van der Waals surface area contributed by atoms with Crippen LogP contribution in [-0.4, -0.2) is 64.7 Å². The molecule has 0 fully saturated rings. The Hall–Kier alpha value is -4.00. The molecule has 1 aromatic carbocycles. The highest BCUT2D eigenvalue weighted by atomic mass is 19.4. The van der Waals surface area contributed by atoms with Gasteiger partial charge in [0.25, 0.3) is 5.82 Å². The molecule has 3 aromatic rings. The number of unbranched alkanes of at least 4 members (excludes halogenated alkanes) is 1. The van der Waals surface area contributed by atoms with E-state index in [1.165, 1.54) is 30.7 Å². The Morgan fingerprint density at radius 1 is 1.14 bits per heavy atom. The summed E-state index contributed by atoms with van der Waals surface area (Å²) in [6, 6.07) is 10.2. The average Bonchev–Trinajstić information content (AvgIpc) is 2.98. The normalized spacial score (nSPS) is 13.7. The number of aryl methyl sites for hydroxylation is 2. The Morgan fingerprint density at radius 2 is 1.93 bits per heavy atom. The molecule has 3 N–H and O–H groups in total. The van der Waals surface area contributed by atoms with E-state index in [2.05, 4.69) is 32.7 Å². The summed E-state index contributed by atoms with van der Waals surface area (Å²) in [6.07, 6.45) is 0.996. The van der Waals surface area contributed by atoms with Gasteiger partial charge in [-0.2, -0.15) is 13.2 Å². The van der Waals surface area contributed by atoms with Crippen LogP contribution in [-0.2, 0) is 23.8 Å². The van der Waals surface area contributed by atoms with Crippen LogP contribution in [0.1, 0.15) is 49.7 Å². The monoisotopic (exact) mass is 605 g/mol. The van der Waals surface area contributed by atoms with E-state index >= 15 is 0 Å². The fourth-order valence-corrected chi connectivity index (χ4v) is 4.90. The second-order valence-electron chi connectivity index (χ2n) is 10.5. The van der Waals surface area contributed by atoms with Crippen molar-refractivity contribution in [2.45, 2.75) is 57.7 Å². The van der Waals surface area contributed by atoms with Crippen molar-refractivity contribution in [1.29, 1.82) is 0 Å². The van der Waals surface area contributed by atoms with Crippen molar-refractivity contribution >= 4 is 17.4 Å². The molecule has 1 atom stereocenters. The van der Waals surface area contributed by atoms with Crippen LogP contribution in [0.15, 0.2) is 48.7 Å². The highest BCUT2D eigenvalue weighted by molar-refractivity contribution is 5.83. The Morgan fingerprint density at radius 3 is 2.67 bits per heavy atom. The zero-order valence-electron chi connectivity index (χ0n) is 24.0. The number of carbonyl (C=O) groups is 1. The van der Waals surface area contributed by atoms with Crippen LogP contribution in [0.4, 0.5) is 29.2 Å². The van der Waals surface area contributed by atoms with Gasteiger partial charge in [0.2, 0.25) is 0 Å². The minimum Gasteiger partial charge on any atom is -0.492 e. The van der Waals surface area contributed by atoms with Crippen molar-refractivity contribution in [2.75, 3.05) is 43.4 Å². The van der Waals surface area contributed by atoms with Gasteiger partial charge in [-0.1, -0.05) is 6.07 Å². The third kappa shape index (κ3) is 9.50. The molecule has 0 aliphatic carbocycles. The highest BCUT2D eigenvalue weighted by Crippen LogP contribution is 2.25. The first-order valence-electron chi connectivity index (χ1n) is 14.4. The molecule has 4 rings (SSSR count). The molecule has 0 radical (unpaired) electrons. The maximum atomic E-state index is 13.2. The first-order chi connectivity index (χ1) is 20.6. The molecule has 0 saturated heterocycles. The molecule has 0 unspecified atom stereocenters. The lowest BCUT2D eigenvalue weighted by molar-refractivity contribution is -0.906. The summed E-state index contributed by atoms with van der Waals surface area (Å²) >= 11 is 0. The summed E-state index contributed by atoms with van der Waals surface area (Å²) in [5.41, 5.74) is 2.26. The van der Waals surface area contributed by atoms with Crippen LogP contribution in [0.25, 0.3) is 0 Å². The van der Waals surface area contributed by atoms with Crippen molar-refractivity contribution in [1.82, 2.24) is 14.9 Å². The number of halogens is 4. The summed E-state index contributed by atoms with van der Waals surface area (Å²) < 4.78 is 58.5. The molecule has 9 nitrogen and oxygen atoms in total. The smallest absolute Gasteiger partial charge is 0.485 e. The lowest BCUT2D eigenvalue weighted by Gasteiger charge is -2.24.